The van der Waals surface area contributed by atoms with Gasteiger partial charge in [0.2, 0.25) is 0 Å². The van der Waals surface area contributed by atoms with Crippen LogP contribution in [0.25, 0.3) is 0 Å². The van der Waals surface area contributed by atoms with E-state index >= 15 is 0 Å². The first-order valence-electron chi connectivity index (χ1n) is 7.90. The van der Waals surface area contributed by atoms with Crippen molar-refractivity contribution < 1.29 is 9.59 Å². The fraction of sp³-hybridized carbons (Fsp3) is 0.300. The van der Waals surface area contributed by atoms with Crippen LogP contribution in [-0.4, -0.2) is 12.6 Å². The van der Waals surface area contributed by atoms with Crippen LogP contribution in [-0.2, 0) is 5.41 Å². The predicted molar refractivity (Wildman–Crippen MR) is 87.5 cm³/mol. The maximum atomic E-state index is 10.9. The summed E-state index contributed by atoms with van der Waals surface area (Å²) in [6, 6.07) is 15.9. The fourth-order valence-corrected chi connectivity index (χ4v) is 3.66. The summed E-state index contributed by atoms with van der Waals surface area (Å²) in [6.45, 7) is 0. The maximum Gasteiger partial charge on any atom is 0.150 e. The molecule has 0 aromatic heterocycles. The van der Waals surface area contributed by atoms with Gasteiger partial charge in [0, 0.05) is 16.5 Å². The summed E-state index contributed by atoms with van der Waals surface area (Å²) in [5.41, 5.74) is 3.99. The molecule has 0 radical (unpaired) electrons. The van der Waals surface area contributed by atoms with Gasteiger partial charge >= 0.3 is 0 Å². The molecule has 2 nitrogen and oxygen atoms in total. The monoisotopic (exact) mass is 292 g/mol. The molecule has 1 fully saturated rings. The van der Waals surface area contributed by atoms with Gasteiger partial charge in [-0.05, 0) is 24.0 Å². The van der Waals surface area contributed by atoms with Crippen LogP contribution in [0.15, 0.2) is 48.5 Å². The smallest absolute Gasteiger partial charge is 0.150 e. The zero-order chi connectivity index (χ0) is 15.4. The van der Waals surface area contributed by atoms with Gasteiger partial charge in [-0.15, -0.1) is 0 Å². The van der Waals surface area contributed by atoms with E-state index in [1.807, 2.05) is 24.3 Å². The van der Waals surface area contributed by atoms with Crippen LogP contribution in [0.1, 0.15) is 63.9 Å². The highest BCUT2D eigenvalue weighted by molar-refractivity contribution is 5.75. The lowest BCUT2D eigenvalue weighted by atomic mass is 9.65. The van der Waals surface area contributed by atoms with Gasteiger partial charge in [-0.3, -0.25) is 9.59 Å². The second-order valence-corrected chi connectivity index (χ2v) is 6.12. The number of hydrogen-bond donors (Lipinski definition) is 0. The molecule has 0 N–H and O–H groups in total. The molecule has 1 saturated carbocycles. The van der Waals surface area contributed by atoms with Gasteiger partial charge < -0.3 is 0 Å². The van der Waals surface area contributed by atoms with Crippen LogP contribution in [0.4, 0.5) is 0 Å². The Bertz CT molecular complexity index is 594. The van der Waals surface area contributed by atoms with Crippen LogP contribution >= 0.6 is 0 Å². The van der Waals surface area contributed by atoms with Gasteiger partial charge in [0.25, 0.3) is 0 Å². The van der Waals surface area contributed by atoms with Crippen molar-refractivity contribution in [3.8, 4) is 0 Å². The number of carbonyl (C=O) groups excluding carboxylic acids is 2. The molecule has 0 atom stereocenters. The van der Waals surface area contributed by atoms with Crippen molar-refractivity contribution in [2.24, 2.45) is 0 Å². The third-order valence-corrected chi connectivity index (χ3v) is 4.91. The Morgan fingerprint density at radius 2 is 1.05 bits per heavy atom. The van der Waals surface area contributed by atoms with Crippen molar-refractivity contribution in [3.63, 3.8) is 0 Å². The molecular weight excluding hydrogens is 272 g/mol. The van der Waals surface area contributed by atoms with Crippen molar-refractivity contribution in [1.82, 2.24) is 0 Å². The number of carbonyl (C=O) groups is 2. The van der Waals surface area contributed by atoms with Crippen LogP contribution < -0.4 is 0 Å². The Hall–Kier alpha value is -2.22. The van der Waals surface area contributed by atoms with Gasteiger partial charge in [0.05, 0.1) is 0 Å². The van der Waals surface area contributed by atoms with E-state index in [0.717, 1.165) is 25.4 Å². The molecule has 3 rings (SSSR count). The summed E-state index contributed by atoms with van der Waals surface area (Å²) in [7, 11) is 0. The minimum absolute atomic E-state index is 0.0150. The van der Waals surface area contributed by atoms with Gasteiger partial charge in [0.1, 0.15) is 12.6 Å². The van der Waals surface area contributed by atoms with E-state index in [2.05, 4.69) is 24.3 Å². The first kappa shape index (κ1) is 14.7. The molecule has 0 bridgehead atoms. The zero-order valence-electron chi connectivity index (χ0n) is 12.6. The van der Waals surface area contributed by atoms with E-state index in [-0.39, 0.29) is 5.41 Å². The third kappa shape index (κ3) is 2.61. The zero-order valence-corrected chi connectivity index (χ0v) is 12.6. The van der Waals surface area contributed by atoms with Crippen LogP contribution in [0.3, 0.4) is 0 Å². The SMILES string of the molecule is O=Cc1ccc(C2(c3ccc(C=O)cc3)CCCCC2)cc1. The number of rotatable bonds is 4. The number of hydrogen-bond acceptors (Lipinski definition) is 2. The highest BCUT2D eigenvalue weighted by Gasteiger charge is 2.35. The third-order valence-electron chi connectivity index (χ3n) is 4.91. The van der Waals surface area contributed by atoms with Gasteiger partial charge in [0.15, 0.2) is 0 Å². The standard InChI is InChI=1S/C20H20O2/c21-14-16-4-8-18(9-5-16)20(12-2-1-3-13-20)19-10-6-17(15-22)7-11-19/h4-11,14-15H,1-3,12-13H2. The van der Waals surface area contributed by atoms with E-state index in [1.54, 1.807) is 0 Å². The summed E-state index contributed by atoms with van der Waals surface area (Å²) < 4.78 is 0. The Morgan fingerprint density at radius 1 is 0.636 bits per heavy atom. The molecule has 0 aliphatic heterocycles. The minimum Gasteiger partial charge on any atom is -0.298 e. The Kier molecular flexibility index (Phi) is 4.19. The van der Waals surface area contributed by atoms with Gasteiger partial charge in [-0.1, -0.05) is 67.8 Å². The van der Waals surface area contributed by atoms with E-state index in [1.165, 1.54) is 30.4 Å². The molecule has 0 spiro atoms. The summed E-state index contributed by atoms with van der Waals surface area (Å²) in [5, 5.41) is 0. The lowest BCUT2D eigenvalue weighted by Gasteiger charge is -2.38. The highest BCUT2D eigenvalue weighted by atomic mass is 16.1. The summed E-state index contributed by atoms with van der Waals surface area (Å²) in [6.07, 6.45) is 7.71. The first-order valence-corrected chi connectivity index (χ1v) is 7.90. The molecule has 22 heavy (non-hydrogen) atoms. The van der Waals surface area contributed by atoms with Crippen molar-refractivity contribution >= 4 is 12.6 Å². The van der Waals surface area contributed by atoms with Crippen LogP contribution in [0.2, 0.25) is 0 Å². The van der Waals surface area contributed by atoms with E-state index in [0.29, 0.717) is 11.1 Å². The summed E-state index contributed by atoms with van der Waals surface area (Å²) >= 11 is 0. The molecule has 112 valence electrons. The molecule has 0 amide bonds. The Labute approximate surface area is 131 Å². The molecule has 2 aromatic rings. The lowest BCUT2D eigenvalue weighted by Crippen LogP contribution is -2.30. The molecule has 0 saturated heterocycles. The lowest BCUT2D eigenvalue weighted by molar-refractivity contribution is 0.111. The second kappa shape index (κ2) is 6.27. The largest absolute Gasteiger partial charge is 0.298 e. The number of aldehydes is 2. The van der Waals surface area contributed by atoms with E-state index < -0.39 is 0 Å². The normalized spacial score (nSPS) is 16.9. The molecule has 0 heterocycles. The summed E-state index contributed by atoms with van der Waals surface area (Å²) in [4.78, 5) is 21.8. The van der Waals surface area contributed by atoms with Gasteiger partial charge in [-0.25, -0.2) is 0 Å². The van der Waals surface area contributed by atoms with Crippen molar-refractivity contribution in [1.29, 1.82) is 0 Å². The average molecular weight is 292 g/mol. The Morgan fingerprint density at radius 3 is 1.41 bits per heavy atom. The van der Waals surface area contributed by atoms with Crippen LogP contribution in [0, 0.1) is 0 Å². The van der Waals surface area contributed by atoms with Crippen molar-refractivity contribution in [3.05, 3.63) is 70.8 Å². The second-order valence-electron chi connectivity index (χ2n) is 6.12. The average Bonchev–Trinajstić information content (AvgIpc) is 2.62. The fourth-order valence-electron chi connectivity index (χ4n) is 3.66. The molecule has 1 aliphatic rings. The Balaban J connectivity index is 2.06. The quantitative estimate of drug-likeness (QED) is 0.774. The van der Waals surface area contributed by atoms with E-state index in [9.17, 15) is 9.59 Å². The molecule has 2 heteroatoms. The van der Waals surface area contributed by atoms with E-state index in [4.69, 9.17) is 0 Å². The molecule has 2 aromatic carbocycles. The first-order chi connectivity index (χ1) is 10.8. The molecule has 0 unspecified atom stereocenters. The molecular formula is C20H20O2. The minimum atomic E-state index is 0.0150. The molecule has 1 aliphatic carbocycles. The van der Waals surface area contributed by atoms with Crippen molar-refractivity contribution in [2.45, 2.75) is 37.5 Å². The van der Waals surface area contributed by atoms with Crippen molar-refractivity contribution in [2.75, 3.05) is 0 Å². The van der Waals surface area contributed by atoms with Crippen LogP contribution in [0.5, 0.6) is 0 Å². The highest BCUT2D eigenvalue weighted by Crippen LogP contribution is 2.44. The van der Waals surface area contributed by atoms with Gasteiger partial charge in [-0.2, -0.15) is 0 Å². The maximum absolute atomic E-state index is 10.9. The predicted octanol–water partition coefficient (Wildman–Crippen LogP) is 4.56. The summed E-state index contributed by atoms with van der Waals surface area (Å²) in [5.74, 6) is 0. The topological polar surface area (TPSA) is 34.1 Å². The number of benzene rings is 2.